The van der Waals surface area contributed by atoms with Crippen LogP contribution in [0.4, 0.5) is 0 Å². The summed E-state index contributed by atoms with van der Waals surface area (Å²) in [5.74, 6) is 0.779. The maximum Gasteiger partial charge on any atom is 0.160 e. The molecule has 1 unspecified atom stereocenters. The van der Waals surface area contributed by atoms with Gasteiger partial charge in [-0.2, -0.15) is 5.10 Å². The zero-order chi connectivity index (χ0) is 10.7. The number of rotatable bonds is 4. The van der Waals surface area contributed by atoms with E-state index in [-0.39, 0.29) is 0 Å². The second-order valence-electron chi connectivity index (χ2n) is 3.86. The molecule has 1 heterocycles. The molecule has 0 aliphatic carbocycles. The molecule has 14 heavy (non-hydrogen) atoms. The highest BCUT2D eigenvalue weighted by Gasteiger charge is 2.18. The van der Waals surface area contributed by atoms with Crippen molar-refractivity contribution in [2.24, 2.45) is 7.05 Å². The van der Waals surface area contributed by atoms with E-state index in [1.807, 2.05) is 11.7 Å². The molecule has 1 rings (SSSR count). The first-order valence-electron chi connectivity index (χ1n) is 5.36. The second-order valence-corrected chi connectivity index (χ2v) is 3.86. The Bertz CT molecular complexity index is 304. The van der Waals surface area contributed by atoms with Gasteiger partial charge < -0.3 is 5.11 Å². The maximum atomic E-state index is 9.96. The maximum absolute atomic E-state index is 9.96. The number of hydrogen-bond acceptors (Lipinski definition) is 2. The minimum absolute atomic E-state index is 0.373. The molecule has 80 valence electrons. The summed E-state index contributed by atoms with van der Waals surface area (Å²) >= 11 is 0. The van der Waals surface area contributed by atoms with E-state index in [9.17, 15) is 5.11 Å². The largest absolute Gasteiger partial charge is 0.504 e. The first-order chi connectivity index (χ1) is 6.61. The van der Waals surface area contributed by atoms with Gasteiger partial charge in [0.15, 0.2) is 5.75 Å². The first-order valence-corrected chi connectivity index (χ1v) is 5.36. The topological polar surface area (TPSA) is 38.0 Å². The van der Waals surface area contributed by atoms with Crippen molar-refractivity contribution >= 4 is 0 Å². The first kappa shape index (κ1) is 11.1. The highest BCUT2D eigenvalue weighted by Crippen LogP contribution is 2.30. The molecule has 0 saturated heterocycles. The van der Waals surface area contributed by atoms with Crippen LogP contribution in [-0.2, 0) is 13.5 Å². The third-order valence-electron chi connectivity index (χ3n) is 2.70. The Morgan fingerprint density at radius 1 is 1.43 bits per heavy atom. The Morgan fingerprint density at radius 2 is 2.07 bits per heavy atom. The van der Waals surface area contributed by atoms with Gasteiger partial charge in [-0.25, -0.2) is 0 Å². The number of aromatic hydroxyl groups is 1. The molecule has 1 aromatic rings. The molecule has 0 spiro atoms. The molecule has 0 saturated carbocycles. The summed E-state index contributed by atoms with van der Waals surface area (Å²) in [6.07, 6.45) is 2.90. The Kier molecular flexibility index (Phi) is 3.55. The SMILES string of the molecule is CCCc1nn(C)c(C(C)CC)c1O. The van der Waals surface area contributed by atoms with Gasteiger partial charge in [-0.05, 0) is 12.8 Å². The van der Waals surface area contributed by atoms with Gasteiger partial charge in [0, 0.05) is 13.0 Å². The Morgan fingerprint density at radius 3 is 2.57 bits per heavy atom. The van der Waals surface area contributed by atoms with Gasteiger partial charge in [0.2, 0.25) is 0 Å². The minimum Gasteiger partial charge on any atom is -0.504 e. The van der Waals surface area contributed by atoms with Gasteiger partial charge in [0.05, 0.1) is 5.69 Å². The van der Waals surface area contributed by atoms with Crippen LogP contribution in [-0.4, -0.2) is 14.9 Å². The van der Waals surface area contributed by atoms with Gasteiger partial charge >= 0.3 is 0 Å². The Balaban J connectivity index is 3.04. The van der Waals surface area contributed by atoms with E-state index in [2.05, 4.69) is 25.9 Å². The van der Waals surface area contributed by atoms with Crippen LogP contribution < -0.4 is 0 Å². The highest BCUT2D eigenvalue weighted by molar-refractivity contribution is 5.34. The zero-order valence-electron chi connectivity index (χ0n) is 9.54. The summed E-state index contributed by atoms with van der Waals surface area (Å²) in [5, 5.41) is 14.3. The molecular formula is C11H20N2O. The Labute approximate surface area is 85.8 Å². The molecule has 0 aliphatic rings. The van der Waals surface area contributed by atoms with Gasteiger partial charge in [-0.1, -0.05) is 27.2 Å². The molecule has 1 N–H and O–H groups in total. The van der Waals surface area contributed by atoms with Crippen molar-refractivity contribution in [3.8, 4) is 5.75 Å². The van der Waals surface area contributed by atoms with Crippen LogP contribution >= 0.6 is 0 Å². The highest BCUT2D eigenvalue weighted by atomic mass is 16.3. The van der Waals surface area contributed by atoms with Crippen molar-refractivity contribution in [3.05, 3.63) is 11.4 Å². The van der Waals surface area contributed by atoms with Gasteiger partial charge in [-0.3, -0.25) is 4.68 Å². The molecule has 1 atom stereocenters. The van der Waals surface area contributed by atoms with Crippen LogP contribution in [0, 0.1) is 0 Å². The van der Waals surface area contributed by atoms with E-state index in [0.717, 1.165) is 30.7 Å². The van der Waals surface area contributed by atoms with E-state index in [0.29, 0.717) is 11.7 Å². The quantitative estimate of drug-likeness (QED) is 0.803. The van der Waals surface area contributed by atoms with Crippen molar-refractivity contribution in [1.82, 2.24) is 9.78 Å². The average molecular weight is 196 g/mol. The monoisotopic (exact) mass is 196 g/mol. The van der Waals surface area contributed by atoms with E-state index in [4.69, 9.17) is 0 Å². The van der Waals surface area contributed by atoms with Gasteiger partial charge in [0.1, 0.15) is 5.69 Å². The van der Waals surface area contributed by atoms with Crippen LogP contribution in [0.15, 0.2) is 0 Å². The van der Waals surface area contributed by atoms with Crippen LogP contribution in [0.2, 0.25) is 0 Å². The fraction of sp³-hybridized carbons (Fsp3) is 0.727. The van der Waals surface area contributed by atoms with Crippen LogP contribution in [0.5, 0.6) is 5.75 Å². The lowest BCUT2D eigenvalue weighted by Crippen LogP contribution is -2.01. The predicted octanol–water partition coefficient (Wildman–Crippen LogP) is 2.59. The molecule has 0 aliphatic heterocycles. The summed E-state index contributed by atoms with van der Waals surface area (Å²) in [6, 6.07) is 0. The van der Waals surface area contributed by atoms with Crippen molar-refractivity contribution < 1.29 is 5.11 Å². The normalized spacial score (nSPS) is 13.1. The standard InChI is InChI=1S/C11H20N2O/c1-5-7-9-11(14)10(8(3)6-2)13(4)12-9/h8,14H,5-7H2,1-4H3. The third kappa shape index (κ3) is 1.91. The molecule has 0 fully saturated rings. The lowest BCUT2D eigenvalue weighted by molar-refractivity contribution is 0.451. The van der Waals surface area contributed by atoms with E-state index in [1.165, 1.54) is 0 Å². The van der Waals surface area contributed by atoms with Crippen molar-refractivity contribution in [3.63, 3.8) is 0 Å². The molecule has 0 bridgehead atoms. The lowest BCUT2D eigenvalue weighted by Gasteiger charge is -2.08. The smallest absolute Gasteiger partial charge is 0.160 e. The lowest BCUT2D eigenvalue weighted by atomic mass is 10.0. The zero-order valence-corrected chi connectivity index (χ0v) is 9.54. The Hall–Kier alpha value is -0.990. The molecular weight excluding hydrogens is 176 g/mol. The fourth-order valence-corrected chi connectivity index (χ4v) is 1.73. The predicted molar refractivity (Wildman–Crippen MR) is 57.6 cm³/mol. The van der Waals surface area contributed by atoms with Crippen LogP contribution in [0.3, 0.4) is 0 Å². The average Bonchev–Trinajstić information content (AvgIpc) is 2.42. The van der Waals surface area contributed by atoms with E-state index in [1.54, 1.807) is 0 Å². The van der Waals surface area contributed by atoms with Crippen molar-refractivity contribution in [2.45, 2.75) is 46.0 Å². The number of aromatic nitrogens is 2. The molecule has 0 amide bonds. The third-order valence-corrected chi connectivity index (χ3v) is 2.70. The fourth-order valence-electron chi connectivity index (χ4n) is 1.73. The van der Waals surface area contributed by atoms with Crippen molar-refractivity contribution in [1.29, 1.82) is 0 Å². The van der Waals surface area contributed by atoms with Gasteiger partial charge in [-0.15, -0.1) is 0 Å². The number of aryl methyl sites for hydroxylation is 2. The van der Waals surface area contributed by atoms with Crippen LogP contribution in [0.25, 0.3) is 0 Å². The molecule has 0 aromatic carbocycles. The summed E-state index contributed by atoms with van der Waals surface area (Å²) in [5.41, 5.74) is 1.81. The summed E-state index contributed by atoms with van der Waals surface area (Å²) < 4.78 is 1.81. The summed E-state index contributed by atoms with van der Waals surface area (Å²) in [4.78, 5) is 0. The van der Waals surface area contributed by atoms with Crippen LogP contribution in [0.1, 0.15) is 50.9 Å². The van der Waals surface area contributed by atoms with E-state index >= 15 is 0 Å². The molecule has 3 heteroatoms. The van der Waals surface area contributed by atoms with Gasteiger partial charge in [0.25, 0.3) is 0 Å². The minimum atomic E-state index is 0.373. The van der Waals surface area contributed by atoms with E-state index < -0.39 is 0 Å². The number of nitrogens with zero attached hydrogens (tertiary/aromatic N) is 2. The number of hydrogen-bond donors (Lipinski definition) is 1. The molecule has 0 radical (unpaired) electrons. The van der Waals surface area contributed by atoms with Crippen molar-refractivity contribution in [2.75, 3.05) is 0 Å². The summed E-state index contributed by atoms with van der Waals surface area (Å²) in [7, 11) is 1.90. The molecule has 1 aromatic heterocycles. The second kappa shape index (κ2) is 4.49. The molecule has 3 nitrogen and oxygen atoms in total. The summed E-state index contributed by atoms with van der Waals surface area (Å²) in [6.45, 7) is 6.33.